The number of ketones is 2. The fourth-order valence-corrected chi connectivity index (χ4v) is 7.15. The minimum atomic E-state index is -0.0248. The third-order valence-electron chi connectivity index (χ3n) is 6.93. The Labute approximate surface area is 248 Å². The Morgan fingerprint density at radius 1 is 0.463 bits per heavy atom. The molecule has 0 spiro atoms. The van der Waals surface area contributed by atoms with Crippen LogP contribution in [0, 0.1) is 6.92 Å². The van der Waals surface area contributed by atoms with Crippen molar-refractivity contribution in [3.63, 3.8) is 0 Å². The summed E-state index contributed by atoms with van der Waals surface area (Å²) in [5, 5.41) is 1.92. The van der Waals surface area contributed by atoms with Crippen molar-refractivity contribution in [2.24, 2.45) is 0 Å². The van der Waals surface area contributed by atoms with Crippen molar-refractivity contribution in [1.82, 2.24) is 0 Å². The highest BCUT2D eigenvalue weighted by Gasteiger charge is 2.22. The molecule has 6 aromatic rings. The topological polar surface area (TPSA) is 34.1 Å². The van der Waals surface area contributed by atoms with Gasteiger partial charge in [0.25, 0.3) is 0 Å². The van der Waals surface area contributed by atoms with E-state index in [1.807, 2.05) is 121 Å². The minimum absolute atomic E-state index is 0.0234. The van der Waals surface area contributed by atoms with Crippen molar-refractivity contribution in [1.29, 1.82) is 0 Å². The Morgan fingerprint density at radius 3 is 1.63 bits per heavy atom. The van der Waals surface area contributed by atoms with Crippen LogP contribution in [-0.2, 0) is 0 Å². The van der Waals surface area contributed by atoms with Gasteiger partial charge in [-0.3, -0.25) is 9.59 Å². The van der Waals surface area contributed by atoms with E-state index in [-0.39, 0.29) is 11.6 Å². The molecule has 0 saturated heterocycles. The van der Waals surface area contributed by atoms with E-state index in [0.29, 0.717) is 22.3 Å². The smallest absolute Gasteiger partial charge is 0.194 e. The van der Waals surface area contributed by atoms with Gasteiger partial charge >= 0.3 is 0 Å². The largest absolute Gasteiger partial charge is 0.289 e. The molecule has 2 nitrogen and oxygen atoms in total. The standard InChI is InChI=1S/C37H26O2S2/c1-25-14-8-12-22-32(25)41-37-29-20-10-9-19-28(29)31(36(39)27-17-6-3-7-18-27)24-34(37)40-33-23-13-11-21-30(33)35(38)26-15-4-2-5-16-26/h2-24H,1H3. The van der Waals surface area contributed by atoms with Crippen molar-refractivity contribution >= 4 is 45.9 Å². The highest BCUT2D eigenvalue weighted by Crippen LogP contribution is 2.46. The lowest BCUT2D eigenvalue weighted by atomic mass is 9.97. The lowest BCUT2D eigenvalue weighted by Crippen LogP contribution is -2.04. The van der Waals surface area contributed by atoms with Crippen LogP contribution in [0.15, 0.2) is 159 Å². The van der Waals surface area contributed by atoms with Crippen molar-refractivity contribution < 1.29 is 9.59 Å². The van der Waals surface area contributed by atoms with Gasteiger partial charge < -0.3 is 0 Å². The summed E-state index contributed by atoms with van der Waals surface area (Å²) in [6.07, 6.45) is 0. The van der Waals surface area contributed by atoms with Gasteiger partial charge in [-0.1, -0.05) is 139 Å². The molecule has 0 heterocycles. The molecule has 4 heteroatoms. The Hall–Kier alpha value is -4.38. The second-order valence-corrected chi connectivity index (χ2v) is 11.8. The molecule has 0 aliphatic rings. The first-order valence-electron chi connectivity index (χ1n) is 13.4. The molecule has 0 saturated carbocycles. The Kier molecular flexibility index (Phi) is 7.86. The zero-order chi connectivity index (χ0) is 28.2. The first-order chi connectivity index (χ1) is 20.1. The van der Waals surface area contributed by atoms with Crippen molar-refractivity contribution in [2.45, 2.75) is 26.5 Å². The molecule has 0 bridgehead atoms. The van der Waals surface area contributed by atoms with Gasteiger partial charge in [0.2, 0.25) is 0 Å². The molecule has 198 valence electrons. The summed E-state index contributed by atoms with van der Waals surface area (Å²) in [6, 6.07) is 44.9. The molecule has 0 N–H and O–H groups in total. The Bertz CT molecular complexity index is 1880. The summed E-state index contributed by atoms with van der Waals surface area (Å²) in [7, 11) is 0. The van der Waals surface area contributed by atoms with Gasteiger partial charge in [-0.15, -0.1) is 0 Å². The lowest BCUT2D eigenvalue weighted by molar-refractivity contribution is 0.103. The molecule has 0 aromatic heterocycles. The van der Waals surface area contributed by atoms with Gasteiger partial charge in [-0.25, -0.2) is 0 Å². The van der Waals surface area contributed by atoms with Gasteiger partial charge in [-0.2, -0.15) is 0 Å². The number of aryl methyl sites for hydroxylation is 1. The summed E-state index contributed by atoms with van der Waals surface area (Å²) in [4.78, 5) is 31.4. The molecule has 0 aliphatic carbocycles. The Morgan fingerprint density at radius 2 is 0.976 bits per heavy atom. The van der Waals surface area contributed by atoms with Gasteiger partial charge in [0, 0.05) is 41.8 Å². The number of benzene rings is 6. The van der Waals surface area contributed by atoms with E-state index in [0.717, 1.165) is 30.4 Å². The van der Waals surface area contributed by atoms with Gasteiger partial charge in [0.05, 0.1) is 0 Å². The summed E-state index contributed by atoms with van der Waals surface area (Å²) >= 11 is 3.24. The van der Waals surface area contributed by atoms with Crippen LogP contribution in [0.25, 0.3) is 10.8 Å². The molecule has 0 amide bonds. The van der Waals surface area contributed by atoms with Crippen LogP contribution in [-0.4, -0.2) is 11.6 Å². The SMILES string of the molecule is Cc1ccccc1Sc1c(Sc2ccccc2C(=O)c2ccccc2)cc(C(=O)c2ccccc2)c2ccccc12. The normalized spacial score (nSPS) is 11.0. The zero-order valence-corrected chi connectivity index (χ0v) is 24.0. The van der Waals surface area contributed by atoms with E-state index in [9.17, 15) is 9.59 Å². The number of hydrogen-bond donors (Lipinski definition) is 0. The van der Waals surface area contributed by atoms with Crippen LogP contribution < -0.4 is 0 Å². The van der Waals surface area contributed by atoms with Crippen LogP contribution in [0.5, 0.6) is 0 Å². The van der Waals surface area contributed by atoms with E-state index in [1.54, 1.807) is 11.8 Å². The molecule has 0 fully saturated rings. The molecular weight excluding hydrogens is 541 g/mol. The first kappa shape index (κ1) is 26.8. The predicted octanol–water partition coefficient (Wildman–Crippen LogP) is 9.91. The number of fused-ring (bicyclic) bond motifs is 1. The average molecular weight is 567 g/mol. The van der Waals surface area contributed by atoms with E-state index in [4.69, 9.17) is 0 Å². The Balaban J connectivity index is 1.54. The molecule has 0 aliphatic heterocycles. The maximum Gasteiger partial charge on any atom is 0.194 e. The first-order valence-corrected chi connectivity index (χ1v) is 15.0. The second-order valence-electron chi connectivity index (χ2n) is 9.65. The maximum atomic E-state index is 13.9. The zero-order valence-electron chi connectivity index (χ0n) is 22.4. The highest BCUT2D eigenvalue weighted by atomic mass is 32.2. The monoisotopic (exact) mass is 566 g/mol. The van der Waals surface area contributed by atoms with Crippen molar-refractivity contribution in [3.05, 3.63) is 167 Å². The summed E-state index contributed by atoms with van der Waals surface area (Å²) < 4.78 is 0. The van der Waals surface area contributed by atoms with Gasteiger partial charge in [-0.05, 0) is 47.5 Å². The maximum absolute atomic E-state index is 13.9. The molecule has 41 heavy (non-hydrogen) atoms. The van der Waals surface area contributed by atoms with Crippen LogP contribution in [0.1, 0.15) is 37.4 Å². The van der Waals surface area contributed by atoms with Crippen LogP contribution in [0.2, 0.25) is 0 Å². The summed E-state index contributed by atoms with van der Waals surface area (Å²) in [5.41, 5.74) is 3.76. The van der Waals surface area contributed by atoms with Crippen molar-refractivity contribution in [3.8, 4) is 0 Å². The van der Waals surface area contributed by atoms with Crippen LogP contribution >= 0.6 is 23.5 Å². The van der Waals surface area contributed by atoms with Crippen molar-refractivity contribution in [2.75, 3.05) is 0 Å². The third-order valence-corrected chi connectivity index (χ3v) is 9.50. The molecule has 0 unspecified atom stereocenters. The van der Waals surface area contributed by atoms with E-state index < -0.39 is 0 Å². The van der Waals surface area contributed by atoms with Crippen LogP contribution in [0.4, 0.5) is 0 Å². The fraction of sp³-hybridized carbons (Fsp3) is 0.0270. The molecule has 0 atom stereocenters. The fourth-order valence-electron chi connectivity index (χ4n) is 4.82. The third kappa shape index (κ3) is 5.62. The molecule has 0 radical (unpaired) electrons. The van der Waals surface area contributed by atoms with E-state index in [1.165, 1.54) is 17.3 Å². The number of carbonyl (C=O) groups excluding carboxylic acids is 2. The van der Waals surface area contributed by atoms with Gasteiger partial charge in [0.1, 0.15) is 0 Å². The quantitative estimate of drug-likeness (QED) is 0.172. The number of carbonyl (C=O) groups is 2. The van der Waals surface area contributed by atoms with Crippen LogP contribution in [0.3, 0.4) is 0 Å². The average Bonchev–Trinajstić information content (AvgIpc) is 3.03. The van der Waals surface area contributed by atoms with E-state index >= 15 is 0 Å². The molecule has 6 aromatic carbocycles. The number of hydrogen-bond acceptors (Lipinski definition) is 4. The summed E-state index contributed by atoms with van der Waals surface area (Å²) in [5.74, 6) is -0.0482. The number of rotatable bonds is 8. The minimum Gasteiger partial charge on any atom is -0.289 e. The summed E-state index contributed by atoms with van der Waals surface area (Å²) in [6.45, 7) is 2.11. The van der Waals surface area contributed by atoms with E-state index in [2.05, 4.69) is 25.1 Å². The second kappa shape index (κ2) is 12.0. The molecular formula is C37H26O2S2. The highest BCUT2D eigenvalue weighted by molar-refractivity contribution is 8.02. The lowest BCUT2D eigenvalue weighted by Gasteiger charge is -2.18. The predicted molar refractivity (Wildman–Crippen MR) is 170 cm³/mol. The molecule has 6 rings (SSSR count). The van der Waals surface area contributed by atoms with Gasteiger partial charge in [0.15, 0.2) is 11.6 Å².